The average Bonchev–Trinajstić information content (AvgIpc) is 3.45. The van der Waals surface area contributed by atoms with Crippen molar-refractivity contribution >= 4 is 23.2 Å². The highest BCUT2D eigenvalue weighted by Gasteiger charge is 2.51. The molecule has 4 heterocycles. The second kappa shape index (κ2) is 10.4. The molecule has 2 saturated heterocycles. The van der Waals surface area contributed by atoms with Crippen molar-refractivity contribution in [2.75, 3.05) is 32.9 Å². The summed E-state index contributed by atoms with van der Waals surface area (Å²) >= 11 is 1.64. The zero-order valence-corrected chi connectivity index (χ0v) is 17.9. The van der Waals surface area contributed by atoms with E-state index in [0.29, 0.717) is 32.2 Å². The smallest absolute Gasteiger partial charge is 0.475 e. The number of fused-ring (bicyclic) bond motifs is 1. The lowest BCUT2D eigenvalue weighted by molar-refractivity contribution is -0.192. The van der Waals surface area contributed by atoms with Gasteiger partial charge in [0.05, 0.1) is 32.8 Å². The monoisotopic (exact) mass is 472 g/mol. The molecule has 32 heavy (non-hydrogen) atoms. The van der Waals surface area contributed by atoms with Crippen LogP contribution < -0.4 is 0 Å². The fourth-order valence-corrected chi connectivity index (χ4v) is 4.45. The maximum Gasteiger partial charge on any atom is 0.490 e. The molecule has 174 valence electrons. The van der Waals surface area contributed by atoms with Gasteiger partial charge >= 0.3 is 12.1 Å². The van der Waals surface area contributed by atoms with Crippen molar-refractivity contribution in [3.63, 3.8) is 0 Å². The van der Waals surface area contributed by atoms with E-state index in [4.69, 9.17) is 19.4 Å². The molecule has 2 fully saturated rings. The lowest BCUT2D eigenvalue weighted by atomic mass is 9.82. The maximum absolute atomic E-state index is 12.6. The van der Waals surface area contributed by atoms with Crippen molar-refractivity contribution in [3.8, 4) is 0 Å². The molecule has 1 N–H and O–H groups in total. The van der Waals surface area contributed by atoms with Crippen LogP contribution in [0.15, 0.2) is 42.0 Å². The van der Waals surface area contributed by atoms with Crippen LogP contribution in [0, 0.1) is 11.3 Å². The standard InChI is InChI=1S/C19H22N2O3S.C2HF3O2/c22-18(8-17-2-1-7-25-17)21-9-16-11-24-14-19(16,12-21)13-23-10-15-3-5-20-6-4-15;3-2(4,5)1(6)7/h1-7,16H,8-14H2;(H,6,7)/t16-,19-;/m1./s1. The SMILES string of the molecule is O=C(Cc1cccs1)N1C[C@@H]2COC[C@]2(COCc2ccncc2)C1.O=C(O)C(F)(F)F. The molecule has 0 unspecified atom stereocenters. The van der Waals surface area contributed by atoms with Crippen LogP contribution in [0.4, 0.5) is 13.2 Å². The average molecular weight is 472 g/mol. The van der Waals surface area contributed by atoms with Crippen LogP contribution >= 0.6 is 11.3 Å². The molecule has 1 amide bonds. The second-order valence-corrected chi connectivity index (χ2v) is 8.79. The van der Waals surface area contributed by atoms with Crippen LogP contribution in [0.2, 0.25) is 0 Å². The molecule has 0 aromatic carbocycles. The minimum atomic E-state index is -5.08. The Bertz CT molecular complexity index is 895. The number of carboxylic acids is 1. The number of hydrogen-bond donors (Lipinski definition) is 1. The molecule has 0 spiro atoms. The van der Waals surface area contributed by atoms with Gasteiger partial charge in [0.25, 0.3) is 0 Å². The van der Waals surface area contributed by atoms with Crippen LogP contribution in [0.3, 0.4) is 0 Å². The second-order valence-electron chi connectivity index (χ2n) is 7.76. The van der Waals surface area contributed by atoms with E-state index in [1.54, 1.807) is 23.7 Å². The van der Waals surface area contributed by atoms with E-state index in [2.05, 4.69) is 4.98 Å². The molecule has 0 saturated carbocycles. The van der Waals surface area contributed by atoms with Crippen molar-refractivity contribution in [2.24, 2.45) is 11.3 Å². The van der Waals surface area contributed by atoms with Gasteiger partial charge in [-0.05, 0) is 29.1 Å². The molecular weight excluding hydrogens is 449 g/mol. The lowest BCUT2D eigenvalue weighted by Crippen LogP contribution is -2.37. The van der Waals surface area contributed by atoms with Crippen molar-refractivity contribution in [3.05, 3.63) is 52.5 Å². The minimum absolute atomic E-state index is 0.0574. The molecule has 2 aromatic rings. The summed E-state index contributed by atoms with van der Waals surface area (Å²) in [6.45, 7) is 4.11. The van der Waals surface area contributed by atoms with Gasteiger partial charge in [-0.15, -0.1) is 11.3 Å². The van der Waals surface area contributed by atoms with Gasteiger partial charge in [-0.3, -0.25) is 9.78 Å². The summed E-state index contributed by atoms with van der Waals surface area (Å²) in [5.41, 5.74) is 1.06. The van der Waals surface area contributed by atoms with E-state index in [0.717, 1.165) is 30.1 Å². The first kappa shape index (κ1) is 24.1. The third-order valence-corrected chi connectivity index (χ3v) is 6.31. The van der Waals surface area contributed by atoms with Crippen molar-refractivity contribution in [2.45, 2.75) is 19.2 Å². The number of carbonyl (C=O) groups is 2. The third-order valence-electron chi connectivity index (χ3n) is 5.43. The molecular formula is C21H23F3N2O5S. The number of nitrogens with zero attached hydrogens (tertiary/aromatic N) is 2. The number of amides is 1. The number of carbonyl (C=O) groups excluding carboxylic acids is 1. The number of carboxylic acid groups (broad SMARTS) is 1. The Kier molecular flexibility index (Phi) is 7.86. The fraction of sp³-hybridized carbons (Fsp3) is 0.476. The van der Waals surface area contributed by atoms with Crippen molar-refractivity contribution in [1.82, 2.24) is 9.88 Å². The van der Waals surface area contributed by atoms with Crippen LogP contribution in [-0.4, -0.2) is 66.0 Å². The number of thiophene rings is 1. The van der Waals surface area contributed by atoms with Crippen LogP contribution in [0.1, 0.15) is 10.4 Å². The molecule has 2 aliphatic rings. The molecule has 7 nitrogen and oxygen atoms in total. The van der Waals surface area contributed by atoms with E-state index >= 15 is 0 Å². The first-order chi connectivity index (χ1) is 15.2. The summed E-state index contributed by atoms with van der Waals surface area (Å²) < 4.78 is 43.5. The Morgan fingerprint density at radius 2 is 2.03 bits per heavy atom. The number of likely N-dealkylation sites (tertiary alicyclic amines) is 1. The van der Waals surface area contributed by atoms with Crippen LogP contribution in [0.5, 0.6) is 0 Å². The number of halogens is 3. The quantitative estimate of drug-likeness (QED) is 0.696. The van der Waals surface area contributed by atoms with E-state index in [1.807, 2.05) is 34.5 Å². The van der Waals surface area contributed by atoms with Gasteiger partial charge < -0.3 is 19.5 Å². The molecule has 4 rings (SSSR count). The Hall–Kier alpha value is -2.50. The molecule has 11 heteroatoms. The van der Waals surface area contributed by atoms with Gasteiger partial charge in [0.1, 0.15) is 0 Å². The predicted molar refractivity (Wildman–Crippen MR) is 109 cm³/mol. The third kappa shape index (κ3) is 6.27. The summed E-state index contributed by atoms with van der Waals surface area (Å²) in [6.07, 6.45) is -1.03. The van der Waals surface area contributed by atoms with Crippen molar-refractivity contribution in [1.29, 1.82) is 0 Å². The van der Waals surface area contributed by atoms with Crippen molar-refractivity contribution < 1.29 is 37.3 Å². The number of ether oxygens (including phenoxy) is 2. The number of pyridine rings is 1. The molecule has 0 bridgehead atoms. The van der Waals surface area contributed by atoms with Gasteiger partial charge in [-0.25, -0.2) is 4.79 Å². The van der Waals surface area contributed by atoms with Crippen LogP contribution in [-0.2, 0) is 32.1 Å². The van der Waals surface area contributed by atoms with Gasteiger partial charge in [0, 0.05) is 41.7 Å². The molecule has 2 aromatic heterocycles. The largest absolute Gasteiger partial charge is 0.490 e. The normalized spacial score (nSPS) is 22.2. The molecule has 0 aliphatic carbocycles. The minimum Gasteiger partial charge on any atom is -0.475 e. The predicted octanol–water partition coefficient (Wildman–Crippen LogP) is 3.01. The number of aliphatic carboxylic acids is 1. The first-order valence-electron chi connectivity index (χ1n) is 9.84. The van der Waals surface area contributed by atoms with E-state index in [-0.39, 0.29) is 11.3 Å². The summed E-state index contributed by atoms with van der Waals surface area (Å²) in [5, 5.41) is 9.14. The van der Waals surface area contributed by atoms with E-state index < -0.39 is 12.1 Å². The Balaban J connectivity index is 0.000000360. The van der Waals surface area contributed by atoms with E-state index in [1.165, 1.54) is 0 Å². The number of hydrogen-bond acceptors (Lipinski definition) is 6. The zero-order valence-electron chi connectivity index (χ0n) is 17.1. The Labute approximate surface area is 186 Å². The number of rotatable bonds is 6. The lowest BCUT2D eigenvalue weighted by Gasteiger charge is -2.27. The Morgan fingerprint density at radius 3 is 2.66 bits per heavy atom. The molecule has 2 aliphatic heterocycles. The summed E-state index contributed by atoms with van der Waals surface area (Å²) in [6, 6.07) is 7.95. The fourth-order valence-electron chi connectivity index (χ4n) is 3.75. The van der Waals surface area contributed by atoms with Gasteiger partial charge in [-0.1, -0.05) is 6.07 Å². The highest BCUT2D eigenvalue weighted by Crippen LogP contribution is 2.42. The molecule has 2 atom stereocenters. The van der Waals surface area contributed by atoms with Gasteiger partial charge in [0.15, 0.2) is 0 Å². The number of aromatic nitrogens is 1. The Morgan fingerprint density at radius 1 is 1.31 bits per heavy atom. The first-order valence-corrected chi connectivity index (χ1v) is 10.7. The highest BCUT2D eigenvalue weighted by atomic mass is 32.1. The zero-order chi connectivity index (χ0) is 23.2. The van der Waals surface area contributed by atoms with E-state index in [9.17, 15) is 18.0 Å². The summed E-state index contributed by atoms with van der Waals surface area (Å²) in [4.78, 5) is 28.7. The van der Waals surface area contributed by atoms with Crippen LogP contribution in [0.25, 0.3) is 0 Å². The highest BCUT2D eigenvalue weighted by molar-refractivity contribution is 7.10. The molecule has 0 radical (unpaired) electrons. The maximum atomic E-state index is 12.6. The summed E-state index contributed by atoms with van der Waals surface area (Å²) in [7, 11) is 0. The topological polar surface area (TPSA) is 89.0 Å². The number of alkyl halides is 3. The van der Waals surface area contributed by atoms with Gasteiger partial charge in [0.2, 0.25) is 5.91 Å². The summed E-state index contributed by atoms with van der Waals surface area (Å²) in [5.74, 6) is -2.17. The van der Waals surface area contributed by atoms with Gasteiger partial charge in [-0.2, -0.15) is 13.2 Å².